The topological polar surface area (TPSA) is 23.5 Å². The van der Waals surface area contributed by atoms with Gasteiger partial charge in [-0.2, -0.15) is 0 Å². The highest BCUT2D eigenvalue weighted by Gasteiger charge is 2.39. The molecule has 2 heteroatoms. The standard InChI is InChI=1S/C20H27NO/c1-20(13-6-5-11-19(20)22)18(17-9-3-2-4-10-17)12-16-21-14-7-8-15-21/h2-6,9-11,13,18-19,22H,7-8,12,14-16H2,1H3. The summed E-state index contributed by atoms with van der Waals surface area (Å²) in [4.78, 5) is 2.56. The van der Waals surface area contributed by atoms with E-state index in [4.69, 9.17) is 0 Å². The molecule has 3 unspecified atom stereocenters. The molecule has 1 heterocycles. The number of rotatable bonds is 5. The molecule has 22 heavy (non-hydrogen) atoms. The van der Waals surface area contributed by atoms with E-state index in [0.717, 1.165) is 13.0 Å². The van der Waals surface area contributed by atoms with Crippen LogP contribution < -0.4 is 0 Å². The van der Waals surface area contributed by atoms with E-state index in [1.807, 2.05) is 12.2 Å². The van der Waals surface area contributed by atoms with E-state index in [2.05, 4.69) is 54.3 Å². The van der Waals surface area contributed by atoms with E-state index in [-0.39, 0.29) is 5.41 Å². The maximum atomic E-state index is 10.6. The monoisotopic (exact) mass is 297 g/mol. The third kappa shape index (κ3) is 3.18. The zero-order valence-electron chi connectivity index (χ0n) is 13.5. The first-order chi connectivity index (χ1) is 10.7. The summed E-state index contributed by atoms with van der Waals surface area (Å²) >= 11 is 0. The van der Waals surface area contributed by atoms with Gasteiger partial charge in [-0.05, 0) is 50.4 Å². The lowest BCUT2D eigenvalue weighted by molar-refractivity contribution is 0.0822. The van der Waals surface area contributed by atoms with Crippen molar-refractivity contribution in [2.45, 2.75) is 38.2 Å². The van der Waals surface area contributed by atoms with Crippen molar-refractivity contribution in [3.8, 4) is 0 Å². The average molecular weight is 297 g/mol. The maximum absolute atomic E-state index is 10.6. The second-order valence-corrected chi connectivity index (χ2v) is 6.86. The Balaban J connectivity index is 1.82. The molecule has 0 radical (unpaired) electrons. The number of nitrogens with zero attached hydrogens (tertiary/aromatic N) is 1. The number of benzene rings is 1. The molecule has 1 aliphatic carbocycles. The van der Waals surface area contributed by atoms with Gasteiger partial charge < -0.3 is 10.0 Å². The number of aliphatic hydroxyl groups excluding tert-OH is 1. The van der Waals surface area contributed by atoms with Crippen LogP contribution in [0.2, 0.25) is 0 Å². The molecular formula is C20H27NO. The molecule has 0 saturated carbocycles. The molecule has 2 nitrogen and oxygen atoms in total. The molecule has 0 aromatic heterocycles. The lowest BCUT2D eigenvalue weighted by Crippen LogP contribution is -2.38. The first-order valence-corrected chi connectivity index (χ1v) is 8.51. The van der Waals surface area contributed by atoms with E-state index in [1.165, 1.54) is 31.5 Å². The minimum Gasteiger partial charge on any atom is -0.388 e. The Labute approximate surface area is 134 Å². The molecule has 2 aliphatic rings. The van der Waals surface area contributed by atoms with Crippen LogP contribution in [0.15, 0.2) is 54.6 Å². The Kier molecular flexibility index (Phi) is 4.80. The van der Waals surface area contributed by atoms with Crippen molar-refractivity contribution in [3.63, 3.8) is 0 Å². The molecule has 1 aromatic rings. The summed E-state index contributed by atoms with van der Waals surface area (Å²) in [6.07, 6.45) is 11.5. The van der Waals surface area contributed by atoms with E-state index < -0.39 is 6.10 Å². The molecular weight excluding hydrogens is 270 g/mol. The first kappa shape index (κ1) is 15.5. The number of aliphatic hydroxyl groups is 1. The van der Waals surface area contributed by atoms with Gasteiger partial charge in [-0.1, -0.05) is 61.6 Å². The third-order valence-electron chi connectivity index (χ3n) is 5.38. The molecule has 0 amide bonds. The van der Waals surface area contributed by atoms with Gasteiger partial charge in [-0.25, -0.2) is 0 Å². The molecule has 1 saturated heterocycles. The van der Waals surface area contributed by atoms with Crippen LogP contribution in [0.3, 0.4) is 0 Å². The second kappa shape index (κ2) is 6.80. The molecule has 3 rings (SSSR count). The number of hydrogen-bond acceptors (Lipinski definition) is 2. The van der Waals surface area contributed by atoms with Crippen LogP contribution in [-0.2, 0) is 0 Å². The molecule has 1 fully saturated rings. The molecule has 1 aromatic carbocycles. The fourth-order valence-electron chi connectivity index (χ4n) is 3.90. The quantitative estimate of drug-likeness (QED) is 0.894. The van der Waals surface area contributed by atoms with Crippen molar-refractivity contribution in [1.82, 2.24) is 4.90 Å². The molecule has 1 aliphatic heterocycles. The number of likely N-dealkylation sites (tertiary alicyclic amines) is 1. The third-order valence-corrected chi connectivity index (χ3v) is 5.38. The predicted molar refractivity (Wildman–Crippen MR) is 91.9 cm³/mol. The molecule has 0 bridgehead atoms. The highest BCUT2D eigenvalue weighted by Crippen LogP contribution is 2.44. The Morgan fingerprint density at radius 2 is 1.91 bits per heavy atom. The minimum atomic E-state index is -0.415. The van der Waals surface area contributed by atoms with Gasteiger partial charge in [-0.3, -0.25) is 0 Å². The maximum Gasteiger partial charge on any atom is 0.0817 e. The Morgan fingerprint density at radius 3 is 2.59 bits per heavy atom. The van der Waals surface area contributed by atoms with Crippen molar-refractivity contribution in [2.75, 3.05) is 19.6 Å². The summed E-state index contributed by atoms with van der Waals surface area (Å²) in [5.74, 6) is 0.338. The summed E-state index contributed by atoms with van der Waals surface area (Å²) in [6, 6.07) is 10.7. The Morgan fingerprint density at radius 1 is 1.18 bits per heavy atom. The van der Waals surface area contributed by atoms with Crippen molar-refractivity contribution in [1.29, 1.82) is 0 Å². The van der Waals surface area contributed by atoms with Crippen LogP contribution >= 0.6 is 0 Å². The SMILES string of the molecule is CC1(C(CCN2CCCC2)c2ccccc2)C=CC=CC1O. The normalized spacial score (nSPS) is 29.8. The smallest absolute Gasteiger partial charge is 0.0817 e. The lowest BCUT2D eigenvalue weighted by atomic mass is 9.67. The van der Waals surface area contributed by atoms with E-state index >= 15 is 0 Å². The molecule has 0 spiro atoms. The Hall–Kier alpha value is -1.38. The van der Waals surface area contributed by atoms with Crippen molar-refractivity contribution in [2.24, 2.45) is 5.41 Å². The van der Waals surface area contributed by atoms with Crippen molar-refractivity contribution in [3.05, 3.63) is 60.2 Å². The fourth-order valence-corrected chi connectivity index (χ4v) is 3.90. The van der Waals surface area contributed by atoms with Crippen molar-refractivity contribution < 1.29 is 5.11 Å². The van der Waals surface area contributed by atoms with Gasteiger partial charge in [-0.15, -0.1) is 0 Å². The van der Waals surface area contributed by atoms with E-state index in [1.54, 1.807) is 0 Å². The van der Waals surface area contributed by atoms with Gasteiger partial charge in [0.25, 0.3) is 0 Å². The van der Waals surface area contributed by atoms with Crippen LogP contribution in [0.5, 0.6) is 0 Å². The van der Waals surface area contributed by atoms with Gasteiger partial charge in [0.1, 0.15) is 0 Å². The summed E-state index contributed by atoms with van der Waals surface area (Å²) in [5.41, 5.74) is 1.11. The summed E-state index contributed by atoms with van der Waals surface area (Å²) in [5, 5.41) is 10.6. The largest absolute Gasteiger partial charge is 0.388 e. The summed E-state index contributed by atoms with van der Waals surface area (Å²) in [6.45, 7) is 5.78. The van der Waals surface area contributed by atoms with Gasteiger partial charge in [0.15, 0.2) is 0 Å². The minimum absolute atomic E-state index is 0.226. The molecule has 118 valence electrons. The van der Waals surface area contributed by atoms with Crippen LogP contribution in [0.4, 0.5) is 0 Å². The second-order valence-electron chi connectivity index (χ2n) is 6.86. The highest BCUT2D eigenvalue weighted by atomic mass is 16.3. The first-order valence-electron chi connectivity index (χ1n) is 8.51. The van der Waals surface area contributed by atoms with Gasteiger partial charge in [0.05, 0.1) is 6.10 Å². The van der Waals surface area contributed by atoms with Crippen molar-refractivity contribution >= 4 is 0 Å². The number of hydrogen-bond donors (Lipinski definition) is 1. The zero-order valence-corrected chi connectivity index (χ0v) is 13.5. The Bertz CT molecular complexity index is 530. The van der Waals surface area contributed by atoms with Crippen LogP contribution in [-0.4, -0.2) is 35.7 Å². The van der Waals surface area contributed by atoms with Crippen LogP contribution in [0, 0.1) is 5.41 Å². The van der Waals surface area contributed by atoms with E-state index in [0.29, 0.717) is 5.92 Å². The number of allylic oxidation sites excluding steroid dienone is 2. The van der Waals surface area contributed by atoms with Gasteiger partial charge >= 0.3 is 0 Å². The molecule has 3 atom stereocenters. The van der Waals surface area contributed by atoms with Crippen LogP contribution in [0.1, 0.15) is 37.7 Å². The molecule has 1 N–H and O–H groups in total. The van der Waals surface area contributed by atoms with Crippen LogP contribution in [0.25, 0.3) is 0 Å². The zero-order chi connectivity index (χ0) is 15.4. The summed E-state index contributed by atoms with van der Waals surface area (Å²) in [7, 11) is 0. The predicted octanol–water partition coefficient (Wildman–Crippen LogP) is 3.75. The van der Waals surface area contributed by atoms with E-state index in [9.17, 15) is 5.11 Å². The van der Waals surface area contributed by atoms with Gasteiger partial charge in [0, 0.05) is 5.41 Å². The average Bonchev–Trinajstić information content (AvgIpc) is 3.05. The fraction of sp³-hybridized carbons (Fsp3) is 0.500. The van der Waals surface area contributed by atoms with Gasteiger partial charge in [0.2, 0.25) is 0 Å². The summed E-state index contributed by atoms with van der Waals surface area (Å²) < 4.78 is 0. The lowest BCUT2D eigenvalue weighted by Gasteiger charge is -2.40. The highest BCUT2D eigenvalue weighted by molar-refractivity contribution is 5.30.